The number of imidazole rings is 1. The highest BCUT2D eigenvalue weighted by molar-refractivity contribution is 6.31. The Morgan fingerprint density at radius 2 is 2.25 bits per heavy atom. The van der Waals surface area contributed by atoms with Crippen LogP contribution in [-0.2, 0) is 12.0 Å². The predicted molar refractivity (Wildman–Crippen MR) is 84.4 cm³/mol. The lowest BCUT2D eigenvalue weighted by Gasteiger charge is -2.32. The second-order valence-electron chi connectivity index (χ2n) is 6.05. The van der Waals surface area contributed by atoms with E-state index in [1.54, 1.807) is 0 Å². The van der Waals surface area contributed by atoms with Gasteiger partial charge in [0, 0.05) is 23.5 Å². The van der Waals surface area contributed by atoms with Gasteiger partial charge in [-0.1, -0.05) is 25.4 Å². The lowest BCUT2D eigenvalue weighted by atomic mass is 9.75. The molecular formula is C16H22ClN3. The minimum Gasteiger partial charge on any atom is -0.328 e. The Hall–Kier alpha value is -1.06. The molecule has 1 N–H and O–H groups in total. The van der Waals surface area contributed by atoms with Gasteiger partial charge in [-0.15, -0.1) is 0 Å². The van der Waals surface area contributed by atoms with E-state index in [2.05, 4.69) is 36.7 Å². The number of hydrogen-bond donors (Lipinski definition) is 1. The molecule has 1 aromatic heterocycles. The average Bonchev–Trinajstić information content (AvgIpc) is 3.02. The Morgan fingerprint density at radius 1 is 1.45 bits per heavy atom. The molecule has 108 valence electrons. The predicted octanol–water partition coefficient (Wildman–Crippen LogP) is 3.60. The van der Waals surface area contributed by atoms with Crippen LogP contribution in [0.2, 0.25) is 5.02 Å². The molecule has 3 nitrogen and oxygen atoms in total. The first-order valence-corrected chi connectivity index (χ1v) is 7.83. The molecule has 1 fully saturated rings. The lowest BCUT2D eigenvalue weighted by Crippen LogP contribution is -2.37. The first kappa shape index (κ1) is 13.9. The maximum absolute atomic E-state index is 6.12. The second-order valence-corrected chi connectivity index (χ2v) is 6.49. The number of fused-ring (bicyclic) bond motifs is 1. The van der Waals surface area contributed by atoms with Gasteiger partial charge in [0.1, 0.15) is 5.82 Å². The third kappa shape index (κ3) is 1.95. The van der Waals surface area contributed by atoms with Crippen molar-refractivity contribution in [2.75, 3.05) is 13.1 Å². The summed E-state index contributed by atoms with van der Waals surface area (Å²) in [5.74, 6) is 1.78. The molecule has 1 saturated heterocycles. The van der Waals surface area contributed by atoms with Crippen molar-refractivity contribution in [3.8, 4) is 0 Å². The number of nitrogens with one attached hydrogen (secondary N) is 1. The van der Waals surface area contributed by atoms with Crippen LogP contribution in [0.25, 0.3) is 11.0 Å². The molecule has 0 amide bonds. The van der Waals surface area contributed by atoms with Crippen LogP contribution in [0, 0.1) is 5.92 Å². The molecule has 4 heteroatoms. The fraction of sp³-hybridized carbons (Fsp3) is 0.562. The molecule has 0 radical (unpaired) electrons. The molecule has 1 aromatic carbocycles. The molecule has 0 saturated carbocycles. The molecule has 1 atom stereocenters. The Bertz CT molecular complexity index is 624. The number of aryl methyl sites for hydroxylation is 1. The van der Waals surface area contributed by atoms with Gasteiger partial charge in [0.15, 0.2) is 0 Å². The van der Waals surface area contributed by atoms with Gasteiger partial charge < -0.3 is 9.88 Å². The topological polar surface area (TPSA) is 29.9 Å². The van der Waals surface area contributed by atoms with Gasteiger partial charge in [0.2, 0.25) is 0 Å². The molecular weight excluding hydrogens is 270 g/mol. The second kappa shape index (κ2) is 5.05. The van der Waals surface area contributed by atoms with Crippen LogP contribution in [0.15, 0.2) is 18.2 Å². The van der Waals surface area contributed by atoms with Gasteiger partial charge in [0.25, 0.3) is 0 Å². The van der Waals surface area contributed by atoms with Crippen LogP contribution >= 0.6 is 11.6 Å². The van der Waals surface area contributed by atoms with E-state index < -0.39 is 0 Å². The van der Waals surface area contributed by atoms with Crippen molar-refractivity contribution in [2.24, 2.45) is 5.92 Å². The van der Waals surface area contributed by atoms with E-state index in [0.717, 1.165) is 36.6 Å². The van der Waals surface area contributed by atoms with Gasteiger partial charge in [0.05, 0.1) is 11.0 Å². The fourth-order valence-electron chi connectivity index (χ4n) is 3.46. The summed E-state index contributed by atoms with van der Waals surface area (Å²) in [7, 11) is 0. The first-order chi connectivity index (χ1) is 9.58. The highest BCUT2D eigenvalue weighted by atomic mass is 35.5. The summed E-state index contributed by atoms with van der Waals surface area (Å²) in [6.07, 6.45) is 1.15. The van der Waals surface area contributed by atoms with Crippen LogP contribution < -0.4 is 5.32 Å². The summed E-state index contributed by atoms with van der Waals surface area (Å²) in [6.45, 7) is 9.84. The summed E-state index contributed by atoms with van der Waals surface area (Å²) in [6, 6.07) is 6.02. The SMILES string of the molecule is CCn1c(C2(C(C)C)CCNC2)nc2cc(Cl)ccc21. The van der Waals surface area contributed by atoms with E-state index in [1.807, 2.05) is 12.1 Å². The zero-order valence-electron chi connectivity index (χ0n) is 12.4. The number of aromatic nitrogens is 2. The summed E-state index contributed by atoms with van der Waals surface area (Å²) in [5, 5.41) is 4.28. The van der Waals surface area contributed by atoms with Crippen molar-refractivity contribution in [1.82, 2.24) is 14.9 Å². The molecule has 1 aliphatic rings. The van der Waals surface area contributed by atoms with Crippen LogP contribution in [-0.4, -0.2) is 22.6 Å². The van der Waals surface area contributed by atoms with Crippen molar-refractivity contribution in [3.05, 3.63) is 29.0 Å². The normalized spacial score (nSPS) is 23.1. The molecule has 2 heterocycles. The summed E-state index contributed by atoms with van der Waals surface area (Å²) in [5.41, 5.74) is 2.35. The maximum Gasteiger partial charge on any atom is 0.117 e. The van der Waals surface area contributed by atoms with E-state index in [4.69, 9.17) is 16.6 Å². The molecule has 0 aliphatic carbocycles. The molecule has 0 spiro atoms. The van der Waals surface area contributed by atoms with Gasteiger partial charge in [-0.25, -0.2) is 4.98 Å². The zero-order valence-corrected chi connectivity index (χ0v) is 13.2. The van der Waals surface area contributed by atoms with Crippen molar-refractivity contribution in [1.29, 1.82) is 0 Å². The number of rotatable bonds is 3. The van der Waals surface area contributed by atoms with E-state index in [1.165, 1.54) is 11.3 Å². The van der Waals surface area contributed by atoms with Crippen molar-refractivity contribution < 1.29 is 0 Å². The monoisotopic (exact) mass is 291 g/mol. The van der Waals surface area contributed by atoms with Gasteiger partial charge in [-0.3, -0.25) is 0 Å². The molecule has 1 unspecified atom stereocenters. The number of hydrogen-bond acceptors (Lipinski definition) is 2. The maximum atomic E-state index is 6.12. The molecule has 1 aliphatic heterocycles. The third-order valence-corrected chi connectivity index (χ3v) is 5.00. The van der Waals surface area contributed by atoms with Crippen LogP contribution in [0.5, 0.6) is 0 Å². The largest absolute Gasteiger partial charge is 0.328 e. The Labute approximate surface area is 125 Å². The van der Waals surface area contributed by atoms with Crippen LogP contribution in [0.4, 0.5) is 0 Å². The molecule has 2 aromatic rings. The highest BCUT2D eigenvalue weighted by Gasteiger charge is 2.42. The standard InChI is InChI=1S/C16H22ClN3/c1-4-20-14-6-5-12(17)9-13(14)19-15(20)16(11(2)3)7-8-18-10-16/h5-6,9,11,18H,4,7-8,10H2,1-3H3. The van der Waals surface area contributed by atoms with Crippen LogP contribution in [0.1, 0.15) is 33.0 Å². The van der Waals surface area contributed by atoms with E-state index in [-0.39, 0.29) is 5.41 Å². The first-order valence-electron chi connectivity index (χ1n) is 7.45. The quantitative estimate of drug-likeness (QED) is 0.936. The minimum absolute atomic E-state index is 0.140. The zero-order chi connectivity index (χ0) is 14.3. The lowest BCUT2D eigenvalue weighted by molar-refractivity contribution is 0.308. The highest BCUT2D eigenvalue weighted by Crippen LogP contribution is 2.39. The van der Waals surface area contributed by atoms with Crippen molar-refractivity contribution in [3.63, 3.8) is 0 Å². The van der Waals surface area contributed by atoms with Crippen molar-refractivity contribution in [2.45, 2.75) is 39.2 Å². The number of benzene rings is 1. The molecule has 20 heavy (non-hydrogen) atoms. The van der Waals surface area contributed by atoms with Crippen molar-refractivity contribution >= 4 is 22.6 Å². The Morgan fingerprint density at radius 3 is 2.85 bits per heavy atom. The minimum atomic E-state index is 0.140. The van der Waals surface area contributed by atoms with Crippen LogP contribution in [0.3, 0.4) is 0 Å². The third-order valence-electron chi connectivity index (χ3n) is 4.77. The van der Waals surface area contributed by atoms with E-state index >= 15 is 0 Å². The molecule has 0 bridgehead atoms. The fourth-order valence-corrected chi connectivity index (χ4v) is 3.62. The van der Waals surface area contributed by atoms with E-state index in [0.29, 0.717) is 5.92 Å². The van der Waals surface area contributed by atoms with E-state index in [9.17, 15) is 0 Å². The van der Waals surface area contributed by atoms with Gasteiger partial charge >= 0.3 is 0 Å². The smallest absolute Gasteiger partial charge is 0.117 e. The summed E-state index contributed by atoms with van der Waals surface area (Å²) in [4.78, 5) is 4.96. The summed E-state index contributed by atoms with van der Waals surface area (Å²) < 4.78 is 2.36. The van der Waals surface area contributed by atoms with Gasteiger partial charge in [-0.2, -0.15) is 0 Å². The molecule has 3 rings (SSSR count). The Balaban J connectivity index is 2.24. The summed E-state index contributed by atoms with van der Waals surface area (Å²) >= 11 is 6.12. The number of halogens is 1. The number of nitrogens with zero attached hydrogens (tertiary/aromatic N) is 2. The average molecular weight is 292 g/mol. The Kier molecular flexibility index (Phi) is 3.51. The van der Waals surface area contributed by atoms with Gasteiger partial charge in [-0.05, 0) is 44.0 Å².